The molecule has 0 fully saturated rings. The van der Waals surface area contributed by atoms with E-state index in [0.29, 0.717) is 5.92 Å². The van der Waals surface area contributed by atoms with Gasteiger partial charge in [-0.05, 0) is 25.7 Å². The van der Waals surface area contributed by atoms with Gasteiger partial charge >= 0.3 is 0 Å². The first-order valence-corrected chi connectivity index (χ1v) is 6.01. The summed E-state index contributed by atoms with van der Waals surface area (Å²) in [5.41, 5.74) is 8.48. The molecule has 2 nitrogen and oxygen atoms in total. The molecule has 2 rings (SSSR count). The fraction of sp³-hybridized carbons (Fsp3) is 0.600. The smallest absolute Gasteiger partial charge is 0.0611 e. The van der Waals surface area contributed by atoms with Crippen molar-refractivity contribution in [3.8, 4) is 0 Å². The van der Waals surface area contributed by atoms with Gasteiger partial charge in [-0.1, -0.05) is 20.3 Å². The van der Waals surface area contributed by atoms with Gasteiger partial charge < -0.3 is 10.8 Å². The van der Waals surface area contributed by atoms with E-state index < -0.39 is 5.54 Å². The molecule has 1 aromatic rings. The predicted molar refractivity (Wildman–Crippen MR) is 71.8 cm³/mol. The van der Waals surface area contributed by atoms with Crippen molar-refractivity contribution in [2.45, 2.75) is 45.6 Å². The maximum absolute atomic E-state index is 9.35. The summed E-state index contributed by atoms with van der Waals surface area (Å²) in [5.74, 6) is 0.376. The van der Waals surface area contributed by atoms with Gasteiger partial charge in [0.25, 0.3) is 0 Å². The van der Waals surface area contributed by atoms with E-state index in [1.807, 2.05) is 13.0 Å². The van der Waals surface area contributed by atoms with Crippen molar-refractivity contribution in [3.05, 3.63) is 35.4 Å². The summed E-state index contributed by atoms with van der Waals surface area (Å²) >= 11 is 0. The number of aliphatic hydroxyl groups is 1. The van der Waals surface area contributed by atoms with E-state index >= 15 is 0 Å². The van der Waals surface area contributed by atoms with Crippen molar-refractivity contribution in [1.82, 2.24) is 0 Å². The molecule has 0 spiro atoms. The van der Waals surface area contributed by atoms with Crippen LogP contribution in [0, 0.1) is 12.0 Å². The summed E-state index contributed by atoms with van der Waals surface area (Å²) in [6.07, 6.45) is 4.35. The fourth-order valence-corrected chi connectivity index (χ4v) is 2.53. The summed E-state index contributed by atoms with van der Waals surface area (Å²) in [6.45, 7) is 2.02. The van der Waals surface area contributed by atoms with E-state index in [1.165, 1.54) is 11.1 Å². The van der Waals surface area contributed by atoms with E-state index in [2.05, 4.69) is 18.2 Å². The molecular weight excluding hydrogens is 396 g/mol. The third-order valence-electron chi connectivity index (χ3n) is 3.79. The zero-order valence-electron chi connectivity index (χ0n) is 10.2. The Hall–Kier alpha value is -0.198. The van der Waals surface area contributed by atoms with Crippen LogP contribution in [0.1, 0.15) is 38.3 Å². The monoisotopic (exact) mass is 421 g/mol. The Bertz CT molecular complexity index is 365. The number of fused-ring (bicyclic) bond motifs is 1. The molecule has 0 aromatic heterocycles. The minimum absolute atomic E-state index is 0. The first kappa shape index (κ1) is 17.8. The van der Waals surface area contributed by atoms with Crippen molar-refractivity contribution in [1.29, 1.82) is 0 Å². The van der Waals surface area contributed by atoms with Crippen LogP contribution in [0.2, 0.25) is 0 Å². The average Bonchev–Trinajstić information content (AvgIpc) is 2.51. The third-order valence-corrected chi connectivity index (χ3v) is 3.79. The quantitative estimate of drug-likeness (QED) is 0.570. The van der Waals surface area contributed by atoms with Crippen LogP contribution in [-0.4, -0.2) is 17.3 Å². The van der Waals surface area contributed by atoms with Crippen molar-refractivity contribution in [2.75, 3.05) is 6.61 Å². The van der Waals surface area contributed by atoms with Gasteiger partial charge in [0, 0.05) is 26.0 Å². The van der Waals surface area contributed by atoms with Crippen LogP contribution in [0.25, 0.3) is 0 Å². The Morgan fingerprint density at radius 3 is 2.89 bits per heavy atom. The van der Waals surface area contributed by atoms with Crippen LogP contribution < -0.4 is 5.73 Å². The van der Waals surface area contributed by atoms with E-state index in [-0.39, 0.29) is 34.5 Å². The normalized spacial score (nSPS) is 21.6. The number of hydrogen-bond donors (Lipinski definition) is 2. The van der Waals surface area contributed by atoms with Gasteiger partial charge in [0.1, 0.15) is 0 Å². The van der Waals surface area contributed by atoms with E-state index in [9.17, 15) is 5.11 Å². The number of rotatable bonds is 2. The Kier molecular flexibility index (Phi) is 7.32. The van der Waals surface area contributed by atoms with Gasteiger partial charge in [0.05, 0.1) is 6.61 Å². The SMILES string of the molecule is C.CC(N)(CO)C1CCCc2c[c-]ccc2C1.[Re]. The second kappa shape index (κ2) is 7.41. The molecule has 0 heterocycles. The van der Waals surface area contributed by atoms with Gasteiger partial charge in [0.2, 0.25) is 0 Å². The molecule has 0 saturated carbocycles. The summed E-state index contributed by atoms with van der Waals surface area (Å²) in [4.78, 5) is 0. The summed E-state index contributed by atoms with van der Waals surface area (Å²) < 4.78 is 0. The van der Waals surface area contributed by atoms with E-state index in [1.54, 1.807) is 0 Å². The fourth-order valence-electron chi connectivity index (χ4n) is 2.53. The van der Waals surface area contributed by atoms with Crippen molar-refractivity contribution in [2.24, 2.45) is 11.7 Å². The van der Waals surface area contributed by atoms with Gasteiger partial charge in [0.15, 0.2) is 0 Å². The molecule has 3 heteroatoms. The minimum atomic E-state index is -0.457. The van der Waals surface area contributed by atoms with Crippen molar-refractivity contribution in [3.63, 3.8) is 0 Å². The molecule has 0 aliphatic heterocycles. The number of hydrogen-bond acceptors (Lipinski definition) is 2. The van der Waals surface area contributed by atoms with Crippen LogP contribution in [0.4, 0.5) is 0 Å². The molecule has 3 N–H and O–H groups in total. The van der Waals surface area contributed by atoms with E-state index in [0.717, 1.165) is 25.7 Å². The van der Waals surface area contributed by atoms with Crippen molar-refractivity contribution >= 4 is 0 Å². The summed E-state index contributed by atoms with van der Waals surface area (Å²) in [5, 5.41) is 9.35. The standard InChI is InChI=1S/C14H20NO.CH4.Re/c1-14(15,10-16)13-8-4-7-11-5-2-3-6-12(11)9-13;;/h3,5-6,13,16H,4,7-10,15H2,1H3;1H4;/q-1;;. The molecule has 0 amide bonds. The number of nitrogens with two attached hydrogens (primary N) is 1. The minimum Gasteiger partial charge on any atom is -0.394 e. The molecule has 0 saturated heterocycles. The van der Waals surface area contributed by atoms with Crippen molar-refractivity contribution < 1.29 is 25.5 Å². The maximum Gasteiger partial charge on any atom is 0.0611 e. The molecule has 2 unspecified atom stereocenters. The first-order valence-electron chi connectivity index (χ1n) is 6.01. The predicted octanol–water partition coefficient (Wildman–Crippen LogP) is 2.33. The number of benzene rings is 1. The third kappa shape index (κ3) is 3.90. The van der Waals surface area contributed by atoms with Crippen LogP contribution in [0.5, 0.6) is 0 Å². The molecule has 1 aliphatic carbocycles. The summed E-state index contributed by atoms with van der Waals surface area (Å²) in [6, 6.07) is 9.33. The zero-order chi connectivity index (χ0) is 11.6. The molecule has 1 aromatic carbocycles. The average molecular weight is 421 g/mol. The molecule has 2 atom stereocenters. The molecule has 0 bridgehead atoms. The van der Waals surface area contributed by atoms with Gasteiger partial charge in [-0.15, -0.1) is 0 Å². The Balaban J connectivity index is 0.00000144. The molecule has 18 heavy (non-hydrogen) atoms. The van der Waals surface area contributed by atoms with Crippen LogP contribution in [0.15, 0.2) is 18.2 Å². The van der Waals surface area contributed by atoms with Gasteiger partial charge in [-0.3, -0.25) is 0 Å². The van der Waals surface area contributed by atoms with Crippen LogP contribution in [0.3, 0.4) is 0 Å². The molecule has 1 aliphatic rings. The Morgan fingerprint density at radius 2 is 2.22 bits per heavy atom. The van der Waals surface area contributed by atoms with Gasteiger partial charge in [-0.2, -0.15) is 35.4 Å². The van der Waals surface area contributed by atoms with Gasteiger partial charge in [-0.25, -0.2) is 0 Å². The van der Waals surface area contributed by atoms with E-state index in [4.69, 9.17) is 5.73 Å². The second-order valence-electron chi connectivity index (χ2n) is 5.15. The topological polar surface area (TPSA) is 46.2 Å². The molecule has 1 radical (unpaired) electrons. The first-order chi connectivity index (χ1) is 7.63. The molecular formula is C15H24NORe-. The zero-order valence-corrected chi connectivity index (χ0v) is 13.0. The largest absolute Gasteiger partial charge is 0.394 e. The molecule has 103 valence electrons. The maximum atomic E-state index is 9.35. The summed E-state index contributed by atoms with van der Waals surface area (Å²) in [7, 11) is 0. The number of aliphatic hydroxyl groups excluding tert-OH is 1. The second-order valence-corrected chi connectivity index (χ2v) is 5.15. The van der Waals surface area contributed by atoms with Crippen LogP contribution in [-0.2, 0) is 33.3 Å². The Morgan fingerprint density at radius 1 is 1.50 bits per heavy atom. The number of aryl methyl sites for hydroxylation is 1. The Labute approximate surface area is 125 Å². The van der Waals surface area contributed by atoms with Crippen LogP contribution >= 0.6 is 0 Å².